The topological polar surface area (TPSA) is 52.0 Å². The summed E-state index contributed by atoms with van der Waals surface area (Å²) >= 11 is 0. The number of anilines is 1. The predicted molar refractivity (Wildman–Crippen MR) is 138 cm³/mol. The highest BCUT2D eigenvalue weighted by Crippen LogP contribution is 2.39. The van der Waals surface area contributed by atoms with Crippen molar-refractivity contribution in [2.45, 2.75) is 70.2 Å². The van der Waals surface area contributed by atoms with Gasteiger partial charge in [0.2, 0.25) is 0 Å². The summed E-state index contributed by atoms with van der Waals surface area (Å²) in [6, 6.07) is 11.5. The molecule has 0 amide bonds. The van der Waals surface area contributed by atoms with Gasteiger partial charge in [0.15, 0.2) is 8.32 Å². The lowest BCUT2D eigenvalue weighted by molar-refractivity contribution is 0.244. The highest BCUT2D eigenvalue weighted by atomic mass is 28.4. The van der Waals surface area contributed by atoms with Crippen LogP contribution in [0, 0.1) is 5.92 Å². The number of fused-ring (bicyclic) bond motifs is 2. The molecule has 3 atom stereocenters. The van der Waals surface area contributed by atoms with Crippen molar-refractivity contribution in [1.82, 2.24) is 14.5 Å². The highest BCUT2D eigenvalue weighted by Gasteiger charge is 2.38. The van der Waals surface area contributed by atoms with Gasteiger partial charge in [0.1, 0.15) is 17.8 Å². The van der Waals surface area contributed by atoms with E-state index >= 15 is 0 Å². The monoisotopic (exact) mass is 460 g/mol. The Morgan fingerprint density at radius 3 is 2.76 bits per heavy atom. The number of aromatic nitrogens is 3. The molecule has 0 fully saturated rings. The van der Waals surface area contributed by atoms with Gasteiger partial charge in [-0.1, -0.05) is 57.2 Å². The van der Waals surface area contributed by atoms with Crippen molar-refractivity contribution in [3.63, 3.8) is 0 Å². The summed E-state index contributed by atoms with van der Waals surface area (Å²) < 4.78 is 8.80. The Balaban J connectivity index is 1.30. The maximum atomic E-state index is 6.50. The van der Waals surface area contributed by atoms with Gasteiger partial charge in [-0.05, 0) is 54.6 Å². The fourth-order valence-electron chi connectivity index (χ4n) is 4.84. The van der Waals surface area contributed by atoms with E-state index in [2.05, 4.69) is 102 Å². The largest absolute Gasteiger partial charge is 0.416 e. The Morgan fingerprint density at radius 1 is 1.12 bits per heavy atom. The maximum absolute atomic E-state index is 6.50. The normalized spacial score (nSPS) is 22.8. The predicted octanol–water partition coefficient (Wildman–Crippen LogP) is 6.67. The van der Waals surface area contributed by atoms with Gasteiger partial charge < -0.3 is 14.3 Å². The van der Waals surface area contributed by atoms with E-state index in [-0.39, 0.29) is 5.04 Å². The van der Waals surface area contributed by atoms with Crippen LogP contribution in [-0.2, 0) is 10.8 Å². The van der Waals surface area contributed by atoms with Gasteiger partial charge in [-0.3, -0.25) is 0 Å². The van der Waals surface area contributed by atoms with Crippen LogP contribution >= 0.6 is 0 Å². The third-order valence-electron chi connectivity index (χ3n) is 7.92. The number of hydrogen-bond acceptors (Lipinski definition) is 4. The molecule has 0 saturated heterocycles. The van der Waals surface area contributed by atoms with Gasteiger partial charge in [-0.2, -0.15) is 0 Å². The van der Waals surface area contributed by atoms with E-state index < -0.39 is 8.32 Å². The van der Waals surface area contributed by atoms with Crippen molar-refractivity contribution < 1.29 is 4.43 Å². The molecule has 0 aliphatic heterocycles. The van der Waals surface area contributed by atoms with Crippen LogP contribution in [0.15, 0.2) is 55.0 Å². The molecule has 0 saturated carbocycles. The first-order valence-electron chi connectivity index (χ1n) is 12.2. The van der Waals surface area contributed by atoms with Gasteiger partial charge in [-0.25, -0.2) is 9.97 Å². The molecule has 33 heavy (non-hydrogen) atoms. The Hall–Kier alpha value is -2.44. The number of nitrogens with one attached hydrogen (secondary N) is 1. The molecule has 5 nitrogen and oxygen atoms in total. The molecule has 3 aromatic rings. The second-order valence-corrected chi connectivity index (χ2v) is 15.9. The average Bonchev–Trinajstić information content (AvgIpc) is 3.50. The van der Waals surface area contributed by atoms with Crippen LogP contribution in [0.1, 0.15) is 56.8 Å². The summed E-state index contributed by atoms with van der Waals surface area (Å²) in [5.74, 6) is 1.39. The molecule has 0 bridgehead atoms. The quantitative estimate of drug-likeness (QED) is 0.330. The van der Waals surface area contributed by atoms with Crippen molar-refractivity contribution >= 4 is 25.2 Å². The van der Waals surface area contributed by atoms with E-state index in [1.807, 2.05) is 0 Å². The molecular weight excluding hydrogens is 424 g/mol. The zero-order valence-electron chi connectivity index (χ0n) is 20.5. The third kappa shape index (κ3) is 4.26. The number of aryl methyl sites for hydroxylation is 1. The molecule has 2 aliphatic carbocycles. The molecule has 2 aliphatic rings. The minimum absolute atomic E-state index is 0.242. The van der Waals surface area contributed by atoms with Crippen LogP contribution in [0.2, 0.25) is 18.1 Å². The van der Waals surface area contributed by atoms with E-state index in [1.165, 1.54) is 11.1 Å². The fourth-order valence-corrected chi connectivity index (χ4v) is 5.90. The highest BCUT2D eigenvalue weighted by molar-refractivity contribution is 6.74. The first kappa shape index (κ1) is 22.4. The molecule has 0 spiro atoms. The molecular formula is C27H36N4OSi. The molecule has 6 heteroatoms. The Bertz CT molecular complexity index is 1180. The molecule has 1 N–H and O–H groups in total. The van der Waals surface area contributed by atoms with Crippen molar-refractivity contribution in [2.75, 3.05) is 11.9 Å². The summed E-state index contributed by atoms with van der Waals surface area (Å²) in [5, 5.41) is 5.04. The average molecular weight is 461 g/mol. The summed E-state index contributed by atoms with van der Waals surface area (Å²) in [7, 11) is -1.72. The zero-order chi connectivity index (χ0) is 23.2. The lowest BCUT2D eigenvalue weighted by atomic mass is 10.1. The molecule has 1 aromatic carbocycles. The van der Waals surface area contributed by atoms with Crippen molar-refractivity contribution in [2.24, 2.45) is 5.92 Å². The van der Waals surface area contributed by atoms with Crippen molar-refractivity contribution in [1.29, 1.82) is 0 Å². The van der Waals surface area contributed by atoms with Crippen LogP contribution in [0.25, 0.3) is 11.0 Å². The summed E-state index contributed by atoms with van der Waals surface area (Å²) in [6.45, 7) is 12.4. The Labute approximate surface area is 198 Å². The first-order valence-corrected chi connectivity index (χ1v) is 15.1. The van der Waals surface area contributed by atoms with Gasteiger partial charge in [-0.15, -0.1) is 0 Å². The van der Waals surface area contributed by atoms with Gasteiger partial charge in [0.25, 0.3) is 0 Å². The van der Waals surface area contributed by atoms with Crippen LogP contribution in [0.4, 0.5) is 5.82 Å². The number of nitrogens with zero attached hydrogens (tertiary/aromatic N) is 3. The van der Waals surface area contributed by atoms with E-state index in [9.17, 15) is 0 Å². The third-order valence-corrected chi connectivity index (χ3v) is 12.4. The summed E-state index contributed by atoms with van der Waals surface area (Å²) in [4.78, 5) is 9.27. The molecule has 2 aromatic heterocycles. The van der Waals surface area contributed by atoms with E-state index in [0.717, 1.165) is 42.7 Å². The summed E-state index contributed by atoms with van der Waals surface area (Å²) in [6.07, 6.45) is 11.8. The molecule has 5 rings (SSSR count). The molecule has 174 valence electrons. The smallest absolute Gasteiger partial charge is 0.192 e. The first-order chi connectivity index (χ1) is 15.7. The standard InChI is InChI=1S/C27H36N4OSi/c1-27(2,3)33(4,5)32-17-19-10-12-21(16-19)31-15-14-23-25(28-18-29-26(23)31)30-24-13-11-20-8-6-7-9-22(20)24/h6-10,12,14-15,18-19,21,24H,11,13,16-17H2,1-5H3,(H,28,29,30)/t19-,21-,24-/m0/s1. The van der Waals surface area contributed by atoms with Crippen LogP contribution in [-0.4, -0.2) is 29.5 Å². The second-order valence-electron chi connectivity index (χ2n) is 11.1. The van der Waals surface area contributed by atoms with Gasteiger partial charge in [0.05, 0.1) is 17.5 Å². The Kier molecular flexibility index (Phi) is 5.69. The molecule has 2 heterocycles. The lowest BCUT2D eigenvalue weighted by Gasteiger charge is -2.36. The van der Waals surface area contributed by atoms with Gasteiger partial charge >= 0.3 is 0 Å². The Morgan fingerprint density at radius 2 is 1.94 bits per heavy atom. The number of allylic oxidation sites excluding steroid dienone is 1. The maximum Gasteiger partial charge on any atom is 0.192 e. The SMILES string of the molecule is CC(C)(C)[Si](C)(C)OC[C@H]1C=C[C@H](n2ccc3c(N[C@H]4CCc5ccccc54)ncnc32)C1. The van der Waals surface area contributed by atoms with Crippen molar-refractivity contribution in [3.05, 3.63) is 66.1 Å². The van der Waals surface area contributed by atoms with E-state index in [0.29, 0.717) is 18.0 Å². The van der Waals surface area contributed by atoms with Crippen molar-refractivity contribution in [3.8, 4) is 0 Å². The fraction of sp³-hybridized carbons (Fsp3) is 0.481. The second kappa shape index (κ2) is 8.40. The van der Waals surface area contributed by atoms with Crippen LogP contribution in [0.3, 0.4) is 0 Å². The minimum Gasteiger partial charge on any atom is -0.416 e. The van der Waals surface area contributed by atoms with E-state index in [4.69, 9.17) is 4.43 Å². The lowest BCUT2D eigenvalue weighted by Crippen LogP contribution is -2.41. The molecule has 0 radical (unpaired) electrons. The number of rotatable bonds is 6. The number of benzene rings is 1. The molecule has 0 unspecified atom stereocenters. The summed E-state index contributed by atoms with van der Waals surface area (Å²) in [5.41, 5.74) is 3.84. The zero-order valence-corrected chi connectivity index (χ0v) is 21.5. The van der Waals surface area contributed by atoms with Crippen LogP contribution < -0.4 is 5.32 Å². The van der Waals surface area contributed by atoms with Gasteiger partial charge in [0, 0.05) is 18.7 Å². The number of hydrogen-bond donors (Lipinski definition) is 1. The van der Waals surface area contributed by atoms with E-state index in [1.54, 1.807) is 6.33 Å². The minimum atomic E-state index is -1.72. The van der Waals surface area contributed by atoms with Crippen LogP contribution in [0.5, 0.6) is 0 Å².